The van der Waals surface area contributed by atoms with E-state index >= 15 is 0 Å². The first kappa shape index (κ1) is 11.0. The average Bonchev–Trinajstić information content (AvgIpc) is 2.29. The maximum Gasteiger partial charge on any atom is 0.255 e. The molecule has 0 fully saturated rings. The predicted molar refractivity (Wildman–Crippen MR) is 59.2 cm³/mol. The number of H-pyrrole nitrogens is 1. The summed E-state index contributed by atoms with van der Waals surface area (Å²) in [5.41, 5.74) is 0.0447. The molecule has 2 aromatic heterocycles. The second-order valence-corrected chi connectivity index (χ2v) is 3.29. The van der Waals surface area contributed by atoms with E-state index in [0.29, 0.717) is 0 Å². The Morgan fingerprint density at radius 2 is 2.18 bits per heavy atom. The highest BCUT2D eigenvalue weighted by molar-refractivity contribution is 6.04. The van der Waals surface area contributed by atoms with E-state index in [1.807, 2.05) is 0 Å². The third-order valence-corrected chi connectivity index (χ3v) is 2.00. The molecule has 0 aliphatic heterocycles. The molecule has 86 valence electrons. The molecule has 17 heavy (non-hydrogen) atoms. The number of carbonyl (C=O) groups excluding carboxylic acids is 1. The van der Waals surface area contributed by atoms with E-state index in [0.717, 1.165) is 18.3 Å². The van der Waals surface area contributed by atoms with E-state index in [4.69, 9.17) is 0 Å². The van der Waals surface area contributed by atoms with Crippen LogP contribution < -0.4 is 10.9 Å². The van der Waals surface area contributed by atoms with Crippen molar-refractivity contribution in [3.63, 3.8) is 0 Å². The van der Waals surface area contributed by atoms with Crippen molar-refractivity contribution in [2.45, 2.75) is 0 Å². The Morgan fingerprint density at radius 1 is 1.35 bits per heavy atom. The summed E-state index contributed by atoms with van der Waals surface area (Å²) < 4.78 is 12.8. The molecule has 0 aliphatic carbocycles. The Bertz CT molecular complexity index is 609. The normalized spacial score (nSPS) is 9.94. The molecule has 0 aliphatic rings. The molecule has 0 unspecified atom stereocenters. The molecule has 0 aromatic carbocycles. The summed E-state index contributed by atoms with van der Waals surface area (Å²) in [6.07, 6.45) is 3.71. The minimum Gasteiger partial charge on any atom is -0.329 e. The fourth-order valence-electron chi connectivity index (χ4n) is 1.27. The van der Waals surface area contributed by atoms with Crippen LogP contribution in [0.3, 0.4) is 0 Å². The van der Waals surface area contributed by atoms with Crippen molar-refractivity contribution >= 4 is 11.6 Å². The van der Waals surface area contributed by atoms with Crippen LogP contribution in [0.4, 0.5) is 10.1 Å². The van der Waals surface area contributed by atoms with Crippen LogP contribution in [-0.2, 0) is 0 Å². The van der Waals surface area contributed by atoms with Gasteiger partial charge in [0.1, 0.15) is 5.82 Å². The molecule has 2 heterocycles. The van der Waals surface area contributed by atoms with Crippen LogP contribution in [0.15, 0.2) is 41.6 Å². The quantitative estimate of drug-likeness (QED) is 0.817. The number of anilines is 1. The van der Waals surface area contributed by atoms with Gasteiger partial charge < -0.3 is 10.3 Å². The molecular weight excluding hydrogens is 225 g/mol. The summed E-state index contributed by atoms with van der Waals surface area (Å²) in [7, 11) is 0. The van der Waals surface area contributed by atoms with Gasteiger partial charge >= 0.3 is 0 Å². The van der Waals surface area contributed by atoms with Crippen LogP contribution in [-0.4, -0.2) is 15.9 Å². The lowest BCUT2D eigenvalue weighted by atomic mass is 10.2. The zero-order valence-electron chi connectivity index (χ0n) is 8.61. The van der Waals surface area contributed by atoms with Gasteiger partial charge in [0.25, 0.3) is 5.91 Å². The Labute approximate surface area is 95.3 Å². The maximum absolute atomic E-state index is 12.8. The van der Waals surface area contributed by atoms with Crippen molar-refractivity contribution in [2.24, 2.45) is 0 Å². The van der Waals surface area contributed by atoms with Crippen molar-refractivity contribution in [2.75, 3.05) is 5.32 Å². The summed E-state index contributed by atoms with van der Waals surface area (Å²) in [5, 5.41) is 2.43. The van der Waals surface area contributed by atoms with Crippen molar-refractivity contribution in [1.82, 2.24) is 9.97 Å². The van der Waals surface area contributed by atoms with E-state index in [9.17, 15) is 14.0 Å². The van der Waals surface area contributed by atoms with Gasteiger partial charge in [0.05, 0.1) is 18.1 Å². The highest BCUT2D eigenvalue weighted by atomic mass is 19.1. The second-order valence-electron chi connectivity index (χ2n) is 3.29. The molecule has 0 radical (unpaired) electrons. The Kier molecular flexibility index (Phi) is 2.95. The molecular formula is C11H8FN3O2. The first-order valence-corrected chi connectivity index (χ1v) is 4.76. The number of carbonyl (C=O) groups is 1. The topological polar surface area (TPSA) is 74.8 Å². The maximum atomic E-state index is 12.8. The number of amides is 1. The van der Waals surface area contributed by atoms with Gasteiger partial charge in [-0.1, -0.05) is 0 Å². The number of hydrogen-bond donors (Lipinski definition) is 2. The van der Waals surface area contributed by atoms with Gasteiger partial charge in [0.15, 0.2) is 0 Å². The number of nitrogens with zero attached hydrogens (tertiary/aromatic N) is 1. The Balaban J connectivity index is 2.20. The lowest BCUT2D eigenvalue weighted by Crippen LogP contribution is -2.15. The van der Waals surface area contributed by atoms with Gasteiger partial charge in [-0.05, 0) is 6.07 Å². The van der Waals surface area contributed by atoms with Crippen LogP contribution in [0.2, 0.25) is 0 Å². The van der Waals surface area contributed by atoms with Gasteiger partial charge in [-0.2, -0.15) is 0 Å². The summed E-state index contributed by atoms with van der Waals surface area (Å²) >= 11 is 0. The number of hydrogen-bond acceptors (Lipinski definition) is 3. The van der Waals surface area contributed by atoms with Crippen molar-refractivity contribution in [3.8, 4) is 0 Å². The van der Waals surface area contributed by atoms with E-state index in [1.54, 1.807) is 0 Å². The summed E-state index contributed by atoms with van der Waals surface area (Å²) in [6.45, 7) is 0. The third kappa shape index (κ3) is 2.75. The summed E-state index contributed by atoms with van der Waals surface area (Å²) in [6, 6.07) is 3.74. The molecule has 2 aromatic rings. The van der Waals surface area contributed by atoms with Crippen molar-refractivity contribution in [1.29, 1.82) is 0 Å². The fourth-order valence-corrected chi connectivity index (χ4v) is 1.27. The highest BCUT2D eigenvalue weighted by Crippen LogP contribution is 2.08. The number of pyridine rings is 2. The second kappa shape index (κ2) is 4.56. The lowest BCUT2D eigenvalue weighted by Gasteiger charge is -2.03. The molecule has 5 nitrogen and oxygen atoms in total. The van der Waals surface area contributed by atoms with Gasteiger partial charge in [-0.25, -0.2) is 4.39 Å². The predicted octanol–water partition coefficient (Wildman–Crippen LogP) is 1.16. The van der Waals surface area contributed by atoms with Gasteiger partial charge in [0, 0.05) is 23.9 Å². The summed E-state index contributed by atoms with van der Waals surface area (Å²) in [4.78, 5) is 28.6. The fraction of sp³-hybridized carbons (Fsp3) is 0. The third-order valence-electron chi connectivity index (χ3n) is 2.00. The minimum atomic E-state index is -0.547. The highest BCUT2D eigenvalue weighted by Gasteiger charge is 2.06. The number of halogens is 1. The zero-order valence-corrected chi connectivity index (χ0v) is 8.61. The van der Waals surface area contributed by atoms with Crippen LogP contribution in [0.1, 0.15) is 10.4 Å². The molecule has 1 amide bonds. The molecule has 0 saturated heterocycles. The summed E-state index contributed by atoms with van der Waals surface area (Å²) in [5.74, 6) is -1.04. The van der Waals surface area contributed by atoms with Crippen molar-refractivity contribution in [3.05, 3.63) is 58.5 Å². The monoisotopic (exact) mass is 233 g/mol. The van der Waals surface area contributed by atoms with Gasteiger partial charge in [-0.3, -0.25) is 14.6 Å². The number of aromatic nitrogens is 2. The number of rotatable bonds is 2. The van der Waals surface area contributed by atoms with E-state index in [1.165, 1.54) is 18.5 Å². The van der Waals surface area contributed by atoms with Crippen LogP contribution in [0, 0.1) is 5.82 Å². The number of aromatic amines is 1. The molecule has 2 rings (SSSR count). The number of nitrogens with one attached hydrogen (secondary N) is 2. The molecule has 0 spiro atoms. The zero-order chi connectivity index (χ0) is 12.3. The van der Waals surface area contributed by atoms with Crippen LogP contribution >= 0.6 is 0 Å². The molecule has 6 heteroatoms. The van der Waals surface area contributed by atoms with E-state index in [2.05, 4.69) is 15.3 Å². The standard InChI is InChI=1S/C11H8FN3O2/c12-8-4-9(6-13-5-8)15-11(17)7-1-2-14-10(16)3-7/h1-6H,(H,14,16)(H,15,17). The van der Waals surface area contributed by atoms with E-state index < -0.39 is 11.7 Å². The Hall–Kier alpha value is -2.50. The van der Waals surface area contributed by atoms with Gasteiger partial charge in [-0.15, -0.1) is 0 Å². The lowest BCUT2D eigenvalue weighted by molar-refractivity contribution is 0.102. The largest absolute Gasteiger partial charge is 0.329 e. The van der Waals surface area contributed by atoms with Crippen LogP contribution in [0.5, 0.6) is 0 Å². The smallest absolute Gasteiger partial charge is 0.255 e. The first-order chi connectivity index (χ1) is 8.15. The Morgan fingerprint density at radius 3 is 2.88 bits per heavy atom. The SMILES string of the molecule is O=C(Nc1cncc(F)c1)c1cc[nH]c(=O)c1. The molecule has 0 saturated carbocycles. The van der Waals surface area contributed by atoms with Crippen molar-refractivity contribution < 1.29 is 9.18 Å². The van der Waals surface area contributed by atoms with Gasteiger partial charge in [0.2, 0.25) is 5.56 Å². The molecule has 0 atom stereocenters. The minimum absolute atomic E-state index is 0.193. The van der Waals surface area contributed by atoms with E-state index in [-0.39, 0.29) is 16.8 Å². The van der Waals surface area contributed by atoms with Crippen LogP contribution in [0.25, 0.3) is 0 Å². The molecule has 2 N–H and O–H groups in total. The average molecular weight is 233 g/mol. The molecule has 0 bridgehead atoms. The first-order valence-electron chi connectivity index (χ1n) is 4.76.